The molecule has 3 atom stereocenters. The van der Waals surface area contributed by atoms with Gasteiger partial charge >= 0.3 is 0 Å². The summed E-state index contributed by atoms with van der Waals surface area (Å²) >= 11 is 0. The molecular weight excluding hydrogens is 149 g/mol. The Morgan fingerprint density at radius 2 is 2.50 bits per heavy atom. The summed E-state index contributed by atoms with van der Waals surface area (Å²) in [5, 5.41) is 3.31. The molecule has 0 aliphatic carbocycles. The molecule has 2 saturated heterocycles. The molecule has 3 nitrogen and oxygen atoms in total. The summed E-state index contributed by atoms with van der Waals surface area (Å²) in [6.45, 7) is 3.04. The van der Waals surface area contributed by atoms with Crippen molar-refractivity contribution >= 4 is 9.03 Å². The van der Waals surface area contributed by atoms with Gasteiger partial charge in [-0.1, -0.05) is 0 Å². The van der Waals surface area contributed by atoms with Gasteiger partial charge in [-0.2, -0.15) is 0 Å². The van der Waals surface area contributed by atoms with Crippen molar-refractivity contribution in [2.75, 3.05) is 19.7 Å². The molecule has 58 valence electrons. The molecule has 2 rings (SSSR count). The average molecular weight is 161 g/mol. The van der Waals surface area contributed by atoms with Crippen LogP contribution >= 0.6 is 9.03 Å². The molecule has 2 aliphatic rings. The number of nitrogens with one attached hydrogen (secondary N) is 1. The Kier molecular flexibility index (Phi) is 2.19. The minimum atomic E-state index is 0.272. The smallest absolute Gasteiger partial charge is 0.155 e. The first-order valence-corrected chi connectivity index (χ1v) is 4.51. The maximum Gasteiger partial charge on any atom is 0.155 e. The van der Waals surface area contributed by atoms with Gasteiger partial charge in [0.15, 0.2) is 9.03 Å². The van der Waals surface area contributed by atoms with Crippen molar-refractivity contribution in [1.29, 1.82) is 0 Å². The molecule has 1 N–H and O–H groups in total. The van der Waals surface area contributed by atoms with Crippen LogP contribution in [0.25, 0.3) is 0 Å². The lowest BCUT2D eigenvalue weighted by Gasteiger charge is -2.34. The fourth-order valence-electron chi connectivity index (χ4n) is 1.45. The van der Waals surface area contributed by atoms with Gasteiger partial charge in [-0.3, -0.25) is 0 Å². The second kappa shape index (κ2) is 3.14. The lowest BCUT2D eigenvalue weighted by Crippen LogP contribution is -2.44. The molecule has 10 heavy (non-hydrogen) atoms. The molecule has 0 spiro atoms. The minimum Gasteiger partial charge on any atom is -0.336 e. The predicted octanol–water partition coefficient (Wildman–Crippen LogP) is 0.520. The van der Waals surface area contributed by atoms with Crippen molar-refractivity contribution in [3.05, 3.63) is 0 Å². The Morgan fingerprint density at radius 1 is 1.50 bits per heavy atom. The average Bonchev–Trinajstić information content (AvgIpc) is 2.05. The zero-order valence-corrected chi connectivity index (χ0v) is 6.80. The van der Waals surface area contributed by atoms with E-state index in [4.69, 9.17) is 9.05 Å². The van der Waals surface area contributed by atoms with Gasteiger partial charge in [0.25, 0.3) is 0 Å². The molecule has 0 saturated carbocycles. The summed E-state index contributed by atoms with van der Waals surface area (Å²) in [6.07, 6.45) is 1.63. The molecule has 3 unspecified atom stereocenters. The molecule has 2 fully saturated rings. The second-order valence-corrected chi connectivity index (χ2v) is 3.49. The molecule has 0 aromatic rings. The SMILES string of the molecule is C1CC2COPOC2CN1. The first-order chi connectivity index (χ1) is 4.97. The van der Waals surface area contributed by atoms with Crippen LogP contribution in [0, 0.1) is 5.92 Å². The lowest BCUT2D eigenvalue weighted by molar-refractivity contribution is 0.0368. The van der Waals surface area contributed by atoms with Gasteiger partial charge in [0.2, 0.25) is 0 Å². The van der Waals surface area contributed by atoms with Crippen molar-refractivity contribution in [3.63, 3.8) is 0 Å². The van der Waals surface area contributed by atoms with Gasteiger partial charge in [-0.25, -0.2) is 0 Å². The monoisotopic (exact) mass is 161 g/mol. The minimum absolute atomic E-state index is 0.272. The van der Waals surface area contributed by atoms with E-state index in [0.29, 0.717) is 12.0 Å². The Bertz CT molecular complexity index is 96.3. The quantitative estimate of drug-likeness (QED) is 0.525. The van der Waals surface area contributed by atoms with E-state index in [0.717, 1.165) is 19.7 Å². The van der Waals surface area contributed by atoms with Crippen LogP contribution in [0.15, 0.2) is 0 Å². The van der Waals surface area contributed by atoms with Crippen molar-refractivity contribution in [2.45, 2.75) is 12.5 Å². The molecule has 0 amide bonds. The van der Waals surface area contributed by atoms with Crippen LogP contribution < -0.4 is 5.32 Å². The van der Waals surface area contributed by atoms with Crippen molar-refractivity contribution in [1.82, 2.24) is 5.32 Å². The molecule has 0 bridgehead atoms. The molecule has 2 heterocycles. The van der Waals surface area contributed by atoms with Gasteiger partial charge < -0.3 is 14.4 Å². The van der Waals surface area contributed by atoms with Crippen LogP contribution in [0.5, 0.6) is 0 Å². The number of hydrogen-bond donors (Lipinski definition) is 1. The predicted molar refractivity (Wildman–Crippen MR) is 40.1 cm³/mol. The van der Waals surface area contributed by atoms with Crippen LogP contribution in [0.4, 0.5) is 0 Å². The third kappa shape index (κ3) is 1.32. The van der Waals surface area contributed by atoms with E-state index < -0.39 is 0 Å². The third-order valence-electron chi connectivity index (χ3n) is 2.12. The van der Waals surface area contributed by atoms with Gasteiger partial charge in [0, 0.05) is 12.5 Å². The zero-order valence-electron chi connectivity index (χ0n) is 5.80. The Balaban J connectivity index is 1.93. The maximum atomic E-state index is 5.42. The summed E-state index contributed by atoms with van der Waals surface area (Å²) in [7, 11) is 0.272. The van der Waals surface area contributed by atoms with E-state index in [-0.39, 0.29) is 9.03 Å². The highest BCUT2D eigenvalue weighted by atomic mass is 31.1. The Morgan fingerprint density at radius 3 is 3.40 bits per heavy atom. The van der Waals surface area contributed by atoms with Crippen LogP contribution in [0.1, 0.15) is 6.42 Å². The molecule has 0 aromatic carbocycles. The van der Waals surface area contributed by atoms with Crippen molar-refractivity contribution in [2.24, 2.45) is 5.92 Å². The molecule has 2 aliphatic heterocycles. The van der Waals surface area contributed by atoms with E-state index >= 15 is 0 Å². The van der Waals surface area contributed by atoms with Crippen LogP contribution in [-0.2, 0) is 9.05 Å². The second-order valence-electron chi connectivity index (χ2n) is 2.80. The lowest BCUT2D eigenvalue weighted by atomic mass is 9.96. The molecule has 0 radical (unpaired) electrons. The largest absolute Gasteiger partial charge is 0.336 e. The first-order valence-electron chi connectivity index (χ1n) is 3.70. The molecule has 0 aromatic heterocycles. The summed E-state index contributed by atoms with van der Waals surface area (Å²) in [6, 6.07) is 0. The van der Waals surface area contributed by atoms with E-state index in [1.165, 1.54) is 6.42 Å². The number of fused-ring (bicyclic) bond motifs is 1. The molecular formula is C6H12NO2P. The Hall–Kier alpha value is 0.310. The third-order valence-corrected chi connectivity index (χ3v) is 2.80. The van der Waals surface area contributed by atoms with Gasteiger partial charge in [0.1, 0.15) is 0 Å². The van der Waals surface area contributed by atoms with E-state index in [1.54, 1.807) is 0 Å². The number of hydrogen-bond acceptors (Lipinski definition) is 3. The summed E-state index contributed by atoms with van der Waals surface area (Å²) in [4.78, 5) is 0. The standard InChI is InChI=1S/C6H12NO2P/c1-2-7-3-6-5(1)4-8-10-9-6/h5-7,10H,1-4H2. The van der Waals surface area contributed by atoms with E-state index in [1.807, 2.05) is 0 Å². The Labute approximate surface area is 62.4 Å². The highest BCUT2D eigenvalue weighted by Crippen LogP contribution is 2.31. The maximum absolute atomic E-state index is 5.42. The van der Waals surface area contributed by atoms with Crippen LogP contribution in [-0.4, -0.2) is 25.8 Å². The van der Waals surface area contributed by atoms with E-state index in [2.05, 4.69) is 5.32 Å². The zero-order chi connectivity index (χ0) is 6.81. The first kappa shape index (κ1) is 6.99. The fourth-order valence-corrected chi connectivity index (χ4v) is 2.20. The topological polar surface area (TPSA) is 30.5 Å². The van der Waals surface area contributed by atoms with Gasteiger partial charge in [-0.15, -0.1) is 0 Å². The highest BCUT2D eigenvalue weighted by molar-refractivity contribution is 7.26. The number of piperidine rings is 1. The number of rotatable bonds is 0. The van der Waals surface area contributed by atoms with Crippen molar-refractivity contribution in [3.8, 4) is 0 Å². The normalized spacial score (nSPS) is 43.2. The van der Waals surface area contributed by atoms with Crippen LogP contribution in [0.3, 0.4) is 0 Å². The molecule has 4 heteroatoms. The van der Waals surface area contributed by atoms with Gasteiger partial charge in [0.05, 0.1) is 12.7 Å². The van der Waals surface area contributed by atoms with E-state index in [9.17, 15) is 0 Å². The fraction of sp³-hybridized carbons (Fsp3) is 1.00. The van der Waals surface area contributed by atoms with Crippen LogP contribution in [0.2, 0.25) is 0 Å². The van der Waals surface area contributed by atoms with Crippen molar-refractivity contribution < 1.29 is 9.05 Å². The summed E-state index contributed by atoms with van der Waals surface area (Å²) in [5.74, 6) is 0.655. The van der Waals surface area contributed by atoms with Gasteiger partial charge in [-0.05, 0) is 13.0 Å². The summed E-state index contributed by atoms with van der Waals surface area (Å²) in [5.41, 5.74) is 0. The summed E-state index contributed by atoms with van der Waals surface area (Å²) < 4.78 is 10.6. The highest BCUT2D eigenvalue weighted by Gasteiger charge is 2.28.